The summed E-state index contributed by atoms with van der Waals surface area (Å²) in [6, 6.07) is 0. The van der Waals surface area contributed by atoms with Gasteiger partial charge in [0.05, 0.1) is 11.9 Å². The van der Waals surface area contributed by atoms with E-state index in [-0.39, 0.29) is 5.91 Å². The third kappa shape index (κ3) is 2.19. The number of amides is 1. The van der Waals surface area contributed by atoms with Gasteiger partial charge in [-0.15, -0.1) is 0 Å². The Morgan fingerprint density at radius 3 is 2.94 bits per heavy atom. The van der Waals surface area contributed by atoms with Crippen LogP contribution in [0.1, 0.15) is 22.6 Å². The average Bonchev–Trinajstić information content (AvgIpc) is 2.77. The maximum atomic E-state index is 12.0. The number of nitrogens with two attached hydrogens (primary N) is 1. The van der Waals surface area contributed by atoms with Gasteiger partial charge in [0.15, 0.2) is 0 Å². The molecule has 5 heteroatoms. The molecule has 0 aliphatic carbocycles. The van der Waals surface area contributed by atoms with Gasteiger partial charge in [-0.3, -0.25) is 9.78 Å². The Morgan fingerprint density at radius 1 is 1.56 bits per heavy atom. The van der Waals surface area contributed by atoms with Crippen LogP contribution in [0, 0.1) is 12.8 Å². The quantitative estimate of drug-likeness (QED) is 0.773. The van der Waals surface area contributed by atoms with E-state index in [4.69, 9.17) is 5.73 Å². The molecule has 16 heavy (non-hydrogen) atoms. The Labute approximate surface area is 94.7 Å². The minimum absolute atomic E-state index is 0.0385. The number of aryl methyl sites for hydroxylation is 1. The summed E-state index contributed by atoms with van der Waals surface area (Å²) in [5.74, 6) is 0.394. The molecule has 2 heterocycles. The number of nitrogens with zero attached hydrogens (tertiary/aromatic N) is 3. The van der Waals surface area contributed by atoms with Crippen LogP contribution in [0.5, 0.6) is 0 Å². The molecule has 1 aliphatic heterocycles. The number of hydrogen-bond acceptors (Lipinski definition) is 4. The van der Waals surface area contributed by atoms with E-state index in [1.165, 1.54) is 6.20 Å². The lowest BCUT2D eigenvalue weighted by Crippen LogP contribution is -2.30. The molecule has 1 saturated heterocycles. The summed E-state index contributed by atoms with van der Waals surface area (Å²) in [7, 11) is 0. The Kier molecular flexibility index (Phi) is 3.14. The van der Waals surface area contributed by atoms with Crippen molar-refractivity contribution < 1.29 is 4.79 Å². The van der Waals surface area contributed by atoms with E-state index in [1.807, 2.05) is 6.92 Å². The van der Waals surface area contributed by atoms with Crippen LogP contribution in [0.4, 0.5) is 0 Å². The van der Waals surface area contributed by atoms with Gasteiger partial charge in [-0.05, 0) is 25.8 Å². The second-order valence-corrected chi connectivity index (χ2v) is 4.18. The van der Waals surface area contributed by atoms with Crippen molar-refractivity contribution in [3.05, 3.63) is 23.8 Å². The molecular weight excluding hydrogens is 204 g/mol. The van der Waals surface area contributed by atoms with E-state index in [1.54, 1.807) is 11.1 Å². The van der Waals surface area contributed by atoms with Gasteiger partial charge < -0.3 is 10.6 Å². The minimum Gasteiger partial charge on any atom is -0.337 e. The predicted molar refractivity (Wildman–Crippen MR) is 59.8 cm³/mol. The van der Waals surface area contributed by atoms with Crippen LogP contribution in [0.25, 0.3) is 0 Å². The van der Waals surface area contributed by atoms with Crippen molar-refractivity contribution in [3.63, 3.8) is 0 Å². The number of likely N-dealkylation sites (tertiary alicyclic amines) is 1. The largest absolute Gasteiger partial charge is 0.337 e. The monoisotopic (exact) mass is 220 g/mol. The zero-order valence-corrected chi connectivity index (χ0v) is 9.39. The Bertz CT molecular complexity index is 376. The van der Waals surface area contributed by atoms with Crippen LogP contribution in [0.2, 0.25) is 0 Å². The minimum atomic E-state index is -0.0385. The van der Waals surface area contributed by atoms with Crippen molar-refractivity contribution in [1.82, 2.24) is 14.9 Å². The lowest BCUT2D eigenvalue weighted by Gasteiger charge is -2.15. The third-order valence-electron chi connectivity index (χ3n) is 2.91. The molecule has 0 bridgehead atoms. The predicted octanol–water partition coefficient (Wildman–Crippen LogP) is 0.206. The van der Waals surface area contributed by atoms with E-state index >= 15 is 0 Å². The Morgan fingerprint density at radius 2 is 2.38 bits per heavy atom. The first-order chi connectivity index (χ1) is 7.70. The van der Waals surface area contributed by atoms with Crippen LogP contribution in [0.15, 0.2) is 12.4 Å². The van der Waals surface area contributed by atoms with Gasteiger partial charge in [0, 0.05) is 19.3 Å². The normalized spacial score (nSPS) is 20.1. The molecule has 86 valence electrons. The molecule has 0 saturated carbocycles. The van der Waals surface area contributed by atoms with E-state index in [0.717, 1.165) is 25.2 Å². The first-order valence-corrected chi connectivity index (χ1v) is 5.48. The highest BCUT2D eigenvalue weighted by Crippen LogP contribution is 2.16. The molecule has 1 aromatic rings. The third-order valence-corrected chi connectivity index (χ3v) is 2.91. The van der Waals surface area contributed by atoms with Gasteiger partial charge in [0.1, 0.15) is 5.69 Å². The number of carbonyl (C=O) groups excluding carboxylic acids is 1. The van der Waals surface area contributed by atoms with Crippen molar-refractivity contribution >= 4 is 5.91 Å². The smallest absolute Gasteiger partial charge is 0.274 e. The van der Waals surface area contributed by atoms with E-state index in [2.05, 4.69) is 9.97 Å². The Balaban J connectivity index is 2.05. The van der Waals surface area contributed by atoms with Crippen LogP contribution < -0.4 is 5.73 Å². The van der Waals surface area contributed by atoms with Crippen molar-refractivity contribution in [3.8, 4) is 0 Å². The number of hydrogen-bond donors (Lipinski definition) is 1. The second kappa shape index (κ2) is 4.57. The molecule has 2 N–H and O–H groups in total. The Hall–Kier alpha value is -1.49. The molecular formula is C11H16N4O. The van der Waals surface area contributed by atoms with Gasteiger partial charge >= 0.3 is 0 Å². The summed E-state index contributed by atoms with van der Waals surface area (Å²) in [6.07, 6.45) is 4.14. The van der Waals surface area contributed by atoms with Crippen molar-refractivity contribution in [1.29, 1.82) is 0 Å². The topological polar surface area (TPSA) is 72.1 Å². The van der Waals surface area contributed by atoms with Crippen LogP contribution in [-0.2, 0) is 0 Å². The molecule has 1 atom stereocenters. The summed E-state index contributed by atoms with van der Waals surface area (Å²) in [5, 5.41) is 0. The maximum absolute atomic E-state index is 12.0. The fourth-order valence-corrected chi connectivity index (χ4v) is 1.87. The van der Waals surface area contributed by atoms with Crippen LogP contribution in [-0.4, -0.2) is 40.4 Å². The molecule has 1 aromatic heterocycles. The van der Waals surface area contributed by atoms with Crippen LogP contribution >= 0.6 is 0 Å². The van der Waals surface area contributed by atoms with Gasteiger partial charge in [-0.25, -0.2) is 4.98 Å². The standard InChI is InChI=1S/C11H16N4O/c1-8-5-14-10(6-13-8)11(16)15-3-2-9(4-12)7-15/h5-6,9H,2-4,7,12H2,1H3. The van der Waals surface area contributed by atoms with Gasteiger partial charge in [0.2, 0.25) is 0 Å². The maximum Gasteiger partial charge on any atom is 0.274 e. The second-order valence-electron chi connectivity index (χ2n) is 4.18. The number of carbonyl (C=O) groups is 1. The molecule has 5 nitrogen and oxygen atoms in total. The SMILES string of the molecule is Cc1cnc(C(=O)N2CCC(CN)C2)cn1. The lowest BCUT2D eigenvalue weighted by molar-refractivity contribution is 0.0781. The summed E-state index contributed by atoms with van der Waals surface area (Å²) < 4.78 is 0. The molecule has 0 radical (unpaired) electrons. The summed E-state index contributed by atoms with van der Waals surface area (Å²) >= 11 is 0. The van der Waals surface area contributed by atoms with Crippen molar-refractivity contribution in [2.45, 2.75) is 13.3 Å². The summed E-state index contributed by atoms with van der Waals surface area (Å²) in [5.41, 5.74) is 6.83. The van der Waals surface area contributed by atoms with Crippen molar-refractivity contribution in [2.75, 3.05) is 19.6 Å². The molecule has 0 aromatic carbocycles. The van der Waals surface area contributed by atoms with E-state index in [9.17, 15) is 4.79 Å². The fourth-order valence-electron chi connectivity index (χ4n) is 1.87. The highest BCUT2D eigenvalue weighted by molar-refractivity contribution is 5.92. The number of aromatic nitrogens is 2. The fraction of sp³-hybridized carbons (Fsp3) is 0.545. The first kappa shape index (κ1) is 11.0. The van der Waals surface area contributed by atoms with Crippen LogP contribution in [0.3, 0.4) is 0 Å². The molecule has 1 unspecified atom stereocenters. The van der Waals surface area contributed by atoms with Gasteiger partial charge in [0.25, 0.3) is 5.91 Å². The highest BCUT2D eigenvalue weighted by Gasteiger charge is 2.26. The zero-order chi connectivity index (χ0) is 11.5. The first-order valence-electron chi connectivity index (χ1n) is 5.48. The number of rotatable bonds is 2. The van der Waals surface area contributed by atoms with Crippen molar-refractivity contribution in [2.24, 2.45) is 11.7 Å². The molecule has 1 amide bonds. The molecule has 1 fully saturated rings. The molecule has 2 rings (SSSR count). The average molecular weight is 220 g/mol. The zero-order valence-electron chi connectivity index (χ0n) is 9.39. The highest BCUT2D eigenvalue weighted by atomic mass is 16.2. The molecule has 0 spiro atoms. The van der Waals surface area contributed by atoms with Gasteiger partial charge in [-0.2, -0.15) is 0 Å². The summed E-state index contributed by atoms with van der Waals surface area (Å²) in [4.78, 5) is 22.0. The van der Waals surface area contributed by atoms with E-state index in [0.29, 0.717) is 18.2 Å². The summed E-state index contributed by atoms with van der Waals surface area (Å²) in [6.45, 7) is 4.01. The van der Waals surface area contributed by atoms with E-state index < -0.39 is 0 Å². The lowest BCUT2D eigenvalue weighted by atomic mass is 10.1. The molecule has 1 aliphatic rings. The van der Waals surface area contributed by atoms with Gasteiger partial charge in [-0.1, -0.05) is 0 Å².